The highest BCUT2D eigenvalue weighted by Crippen LogP contribution is 2.10. The van der Waals surface area contributed by atoms with Crippen LogP contribution in [-0.4, -0.2) is 43.0 Å². The molecule has 0 aliphatic carbocycles. The number of nitrogens with zero attached hydrogens (tertiary/aromatic N) is 1. The lowest BCUT2D eigenvalue weighted by Crippen LogP contribution is -2.28. The standard InChI is InChI=1S/C13H16N2O5/c1-9(16)13(18)15-14-7-10-3-5-11(6-4-10)20-8-12(17)19-2/h3-7,9,16H,8H2,1-2H3,(H,15,18)/b14-7-/t9-/m0/s1. The largest absolute Gasteiger partial charge is 0.482 e. The van der Waals surface area contributed by atoms with E-state index in [2.05, 4.69) is 15.3 Å². The molecule has 0 unspecified atom stereocenters. The fourth-order valence-electron chi connectivity index (χ4n) is 1.12. The Bertz CT molecular complexity index is 482. The van der Waals surface area contributed by atoms with Gasteiger partial charge in [-0.2, -0.15) is 5.10 Å². The smallest absolute Gasteiger partial charge is 0.343 e. The molecule has 1 atom stereocenters. The third-order valence-electron chi connectivity index (χ3n) is 2.23. The molecule has 1 amide bonds. The van der Waals surface area contributed by atoms with Crippen molar-refractivity contribution >= 4 is 18.1 Å². The second kappa shape index (κ2) is 7.90. The highest BCUT2D eigenvalue weighted by atomic mass is 16.6. The van der Waals surface area contributed by atoms with E-state index in [1.54, 1.807) is 24.3 Å². The topological polar surface area (TPSA) is 97.2 Å². The third-order valence-corrected chi connectivity index (χ3v) is 2.23. The van der Waals surface area contributed by atoms with E-state index in [4.69, 9.17) is 9.84 Å². The van der Waals surface area contributed by atoms with Gasteiger partial charge in [0.15, 0.2) is 6.61 Å². The van der Waals surface area contributed by atoms with Gasteiger partial charge in [0.05, 0.1) is 13.3 Å². The molecule has 0 aromatic heterocycles. The van der Waals surface area contributed by atoms with Crippen molar-refractivity contribution < 1.29 is 24.2 Å². The molecule has 20 heavy (non-hydrogen) atoms. The minimum absolute atomic E-state index is 0.158. The van der Waals surface area contributed by atoms with E-state index in [1.807, 2.05) is 0 Å². The summed E-state index contributed by atoms with van der Waals surface area (Å²) in [6.45, 7) is 1.19. The number of methoxy groups -OCH3 is 1. The summed E-state index contributed by atoms with van der Waals surface area (Å²) >= 11 is 0. The van der Waals surface area contributed by atoms with Crippen molar-refractivity contribution in [3.8, 4) is 5.75 Å². The van der Waals surface area contributed by atoms with Gasteiger partial charge in [-0.15, -0.1) is 0 Å². The van der Waals surface area contributed by atoms with Crippen molar-refractivity contribution in [3.63, 3.8) is 0 Å². The molecule has 0 saturated heterocycles. The monoisotopic (exact) mass is 280 g/mol. The molecule has 7 nitrogen and oxygen atoms in total. The first-order chi connectivity index (χ1) is 9.52. The van der Waals surface area contributed by atoms with E-state index in [0.29, 0.717) is 5.75 Å². The Hall–Kier alpha value is -2.41. The maximum Gasteiger partial charge on any atom is 0.343 e. The number of aliphatic hydroxyl groups is 1. The van der Waals surface area contributed by atoms with Gasteiger partial charge in [0, 0.05) is 0 Å². The van der Waals surface area contributed by atoms with Gasteiger partial charge in [0.2, 0.25) is 0 Å². The lowest BCUT2D eigenvalue weighted by Gasteiger charge is -2.04. The van der Waals surface area contributed by atoms with Crippen molar-refractivity contribution in [2.75, 3.05) is 13.7 Å². The van der Waals surface area contributed by atoms with E-state index in [1.165, 1.54) is 20.2 Å². The van der Waals surface area contributed by atoms with Crippen LogP contribution in [0.2, 0.25) is 0 Å². The summed E-state index contributed by atoms with van der Waals surface area (Å²) in [5.74, 6) is -0.531. The molecule has 0 fully saturated rings. The Morgan fingerprint density at radius 1 is 1.40 bits per heavy atom. The highest BCUT2D eigenvalue weighted by molar-refractivity contribution is 5.84. The number of carbonyl (C=O) groups is 2. The molecular formula is C13H16N2O5. The van der Waals surface area contributed by atoms with Crippen molar-refractivity contribution in [1.82, 2.24) is 5.43 Å². The Morgan fingerprint density at radius 2 is 2.05 bits per heavy atom. The molecule has 0 saturated carbocycles. The minimum Gasteiger partial charge on any atom is -0.482 e. The summed E-state index contributed by atoms with van der Waals surface area (Å²) in [7, 11) is 1.28. The Balaban J connectivity index is 2.48. The number of aliphatic hydroxyl groups excluding tert-OH is 1. The first kappa shape index (κ1) is 15.6. The zero-order chi connectivity index (χ0) is 15.0. The maximum atomic E-state index is 11.0. The van der Waals surface area contributed by atoms with Gasteiger partial charge in [0.25, 0.3) is 5.91 Å². The highest BCUT2D eigenvalue weighted by Gasteiger charge is 2.05. The lowest BCUT2D eigenvalue weighted by atomic mass is 10.2. The number of carbonyl (C=O) groups excluding carboxylic acids is 2. The predicted molar refractivity (Wildman–Crippen MR) is 71.4 cm³/mol. The van der Waals surface area contributed by atoms with E-state index < -0.39 is 18.0 Å². The lowest BCUT2D eigenvalue weighted by molar-refractivity contribution is -0.142. The van der Waals surface area contributed by atoms with E-state index >= 15 is 0 Å². The molecule has 0 aliphatic rings. The van der Waals surface area contributed by atoms with Gasteiger partial charge in [-0.25, -0.2) is 10.2 Å². The number of nitrogens with one attached hydrogen (secondary N) is 1. The van der Waals surface area contributed by atoms with Gasteiger partial charge < -0.3 is 14.6 Å². The van der Waals surface area contributed by atoms with Gasteiger partial charge in [-0.1, -0.05) is 0 Å². The van der Waals surface area contributed by atoms with Crippen molar-refractivity contribution in [3.05, 3.63) is 29.8 Å². The summed E-state index contributed by atoms with van der Waals surface area (Å²) in [5, 5.41) is 12.6. The zero-order valence-corrected chi connectivity index (χ0v) is 11.2. The maximum absolute atomic E-state index is 11.0. The van der Waals surface area contributed by atoms with Gasteiger partial charge >= 0.3 is 5.97 Å². The fraction of sp³-hybridized carbons (Fsp3) is 0.308. The molecule has 2 N–H and O–H groups in total. The van der Waals surface area contributed by atoms with Gasteiger partial charge in [-0.05, 0) is 36.8 Å². The number of amides is 1. The molecule has 0 aliphatic heterocycles. The fourth-order valence-corrected chi connectivity index (χ4v) is 1.12. The summed E-state index contributed by atoms with van der Waals surface area (Å²) < 4.78 is 9.61. The second-order valence-electron chi connectivity index (χ2n) is 3.84. The molecule has 0 spiro atoms. The average molecular weight is 280 g/mol. The number of hydrogen-bond acceptors (Lipinski definition) is 6. The number of hydrazone groups is 1. The molecule has 0 radical (unpaired) electrons. The van der Waals surface area contributed by atoms with E-state index in [-0.39, 0.29) is 6.61 Å². The normalized spacial score (nSPS) is 11.9. The van der Waals surface area contributed by atoms with E-state index in [9.17, 15) is 9.59 Å². The Kier molecular flexibility index (Phi) is 6.18. The zero-order valence-electron chi connectivity index (χ0n) is 11.2. The Morgan fingerprint density at radius 3 is 2.60 bits per heavy atom. The van der Waals surface area contributed by atoms with Crippen LogP contribution in [0.25, 0.3) is 0 Å². The van der Waals surface area contributed by atoms with Gasteiger partial charge in [0.1, 0.15) is 11.9 Å². The molecule has 1 aromatic rings. The van der Waals surface area contributed by atoms with Crippen molar-refractivity contribution in [1.29, 1.82) is 0 Å². The summed E-state index contributed by atoms with van der Waals surface area (Å²) in [4.78, 5) is 21.9. The van der Waals surface area contributed by atoms with Crippen LogP contribution in [0.5, 0.6) is 5.75 Å². The van der Waals surface area contributed by atoms with Gasteiger partial charge in [-0.3, -0.25) is 4.79 Å². The number of esters is 1. The van der Waals surface area contributed by atoms with Crippen LogP contribution in [0.15, 0.2) is 29.4 Å². The molecular weight excluding hydrogens is 264 g/mol. The third kappa shape index (κ3) is 5.49. The van der Waals surface area contributed by atoms with Crippen LogP contribution in [0, 0.1) is 0 Å². The number of hydrogen-bond donors (Lipinski definition) is 2. The molecule has 7 heteroatoms. The van der Waals surface area contributed by atoms with Crippen LogP contribution in [-0.2, 0) is 14.3 Å². The van der Waals surface area contributed by atoms with Crippen molar-refractivity contribution in [2.24, 2.45) is 5.10 Å². The molecule has 0 bridgehead atoms. The van der Waals surface area contributed by atoms with Crippen LogP contribution < -0.4 is 10.2 Å². The number of benzene rings is 1. The summed E-state index contributed by atoms with van der Waals surface area (Å²) in [6, 6.07) is 6.71. The minimum atomic E-state index is -1.11. The van der Waals surface area contributed by atoms with Crippen LogP contribution in [0.1, 0.15) is 12.5 Å². The Labute approximate surface area is 116 Å². The van der Waals surface area contributed by atoms with E-state index in [0.717, 1.165) is 5.56 Å². The molecule has 0 heterocycles. The van der Waals surface area contributed by atoms with Crippen LogP contribution in [0.4, 0.5) is 0 Å². The summed E-state index contributed by atoms with van der Waals surface area (Å²) in [5.41, 5.74) is 2.90. The molecule has 1 rings (SSSR count). The summed E-state index contributed by atoms with van der Waals surface area (Å²) in [6.07, 6.45) is 0.311. The SMILES string of the molecule is COC(=O)COc1ccc(/C=N\NC(=O)[C@H](C)O)cc1. The average Bonchev–Trinajstić information content (AvgIpc) is 2.45. The predicted octanol–water partition coefficient (Wildman–Crippen LogP) is 0.0693. The number of ether oxygens (including phenoxy) is 2. The molecule has 108 valence electrons. The van der Waals surface area contributed by atoms with Crippen LogP contribution in [0.3, 0.4) is 0 Å². The quantitative estimate of drug-likeness (QED) is 0.436. The first-order valence-corrected chi connectivity index (χ1v) is 5.83. The van der Waals surface area contributed by atoms with Crippen LogP contribution >= 0.6 is 0 Å². The first-order valence-electron chi connectivity index (χ1n) is 5.83. The second-order valence-corrected chi connectivity index (χ2v) is 3.84. The molecule has 1 aromatic carbocycles. The number of rotatable bonds is 6. The van der Waals surface area contributed by atoms with Crippen molar-refractivity contribution in [2.45, 2.75) is 13.0 Å².